The predicted octanol–water partition coefficient (Wildman–Crippen LogP) is 2.18. The van der Waals surface area contributed by atoms with Gasteiger partial charge in [-0.2, -0.15) is 0 Å². The Kier molecular flexibility index (Phi) is 3.80. The number of hydrogen-bond donors (Lipinski definition) is 1. The second-order valence-electron chi connectivity index (χ2n) is 6.29. The van der Waals surface area contributed by atoms with E-state index in [1.54, 1.807) is 6.33 Å². The van der Waals surface area contributed by atoms with Crippen LogP contribution in [0.2, 0.25) is 0 Å². The first-order valence-corrected chi connectivity index (χ1v) is 8.33. The molecule has 0 radical (unpaired) electrons. The van der Waals surface area contributed by atoms with Crippen molar-refractivity contribution < 1.29 is 14.3 Å². The summed E-state index contributed by atoms with van der Waals surface area (Å²) >= 11 is 0. The Bertz CT molecular complexity index is 791. The van der Waals surface area contributed by atoms with Crippen molar-refractivity contribution in [2.75, 3.05) is 0 Å². The van der Waals surface area contributed by atoms with E-state index >= 15 is 0 Å². The lowest BCUT2D eigenvalue weighted by molar-refractivity contribution is -0.107. The largest absolute Gasteiger partial charge is 0.485 e. The summed E-state index contributed by atoms with van der Waals surface area (Å²) in [7, 11) is 0. The summed E-state index contributed by atoms with van der Waals surface area (Å²) in [5.74, 6) is 0.559. The van der Waals surface area contributed by atoms with E-state index in [1.807, 2.05) is 22.8 Å². The number of nitrogens with one attached hydrogen (secondary N) is 1. The molecule has 2 heterocycles. The zero-order valence-corrected chi connectivity index (χ0v) is 13.3. The smallest absolute Gasteiger partial charge is 0.272 e. The van der Waals surface area contributed by atoms with Gasteiger partial charge in [-0.05, 0) is 18.9 Å². The first kappa shape index (κ1) is 14.9. The van der Waals surface area contributed by atoms with Crippen LogP contribution in [0.1, 0.15) is 47.4 Å². The topological polar surface area (TPSA) is 73.2 Å². The van der Waals surface area contributed by atoms with Gasteiger partial charge < -0.3 is 14.8 Å². The molecule has 2 aliphatic rings. The van der Waals surface area contributed by atoms with Crippen molar-refractivity contribution in [3.8, 4) is 11.4 Å². The van der Waals surface area contributed by atoms with Crippen LogP contribution in [0, 0.1) is 0 Å². The third-order valence-electron chi connectivity index (χ3n) is 4.76. The number of carbonyl (C=O) groups excluding carboxylic acids is 2. The summed E-state index contributed by atoms with van der Waals surface area (Å²) in [6, 6.07) is 5.93. The number of hydrogen-bond acceptors (Lipinski definition) is 4. The SMILES string of the molecule is O=CCc1cccc2c1OCc1c(C(=O)NC3CCCC3)ncn1-2. The number of aldehydes is 1. The molecule has 1 aromatic heterocycles. The Morgan fingerprint density at radius 2 is 2.21 bits per heavy atom. The van der Waals surface area contributed by atoms with E-state index in [4.69, 9.17) is 4.74 Å². The average Bonchev–Trinajstić information content (AvgIpc) is 3.24. The molecule has 1 amide bonds. The molecule has 1 aromatic carbocycles. The highest BCUT2D eigenvalue weighted by atomic mass is 16.5. The maximum absolute atomic E-state index is 12.5. The molecule has 0 atom stereocenters. The minimum Gasteiger partial charge on any atom is -0.485 e. The summed E-state index contributed by atoms with van der Waals surface area (Å²) in [5, 5.41) is 3.07. The van der Waals surface area contributed by atoms with Crippen molar-refractivity contribution in [3.05, 3.63) is 41.5 Å². The van der Waals surface area contributed by atoms with Crippen molar-refractivity contribution in [3.63, 3.8) is 0 Å². The van der Waals surface area contributed by atoms with E-state index in [2.05, 4.69) is 10.3 Å². The molecule has 1 saturated carbocycles. The maximum atomic E-state index is 12.5. The van der Waals surface area contributed by atoms with Gasteiger partial charge in [-0.1, -0.05) is 25.0 Å². The summed E-state index contributed by atoms with van der Waals surface area (Å²) in [6.45, 7) is 0.274. The maximum Gasteiger partial charge on any atom is 0.272 e. The predicted molar refractivity (Wildman–Crippen MR) is 87.4 cm³/mol. The Hall–Kier alpha value is -2.63. The van der Waals surface area contributed by atoms with Gasteiger partial charge in [0.05, 0.1) is 11.4 Å². The van der Waals surface area contributed by atoms with Crippen molar-refractivity contribution in [1.82, 2.24) is 14.9 Å². The molecule has 124 valence electrons. The molecular formula is C18H19N3O3. The van der Waals surface area contributed by atoms with Crippen molar-refractivity contribution in [1.29, 1.82) is 0 Å². The normalized spacial score (nSPS) is 16.2. The molecule has 0 unspecified atom stereocenters. The van der Waals surface area contributed by atoms with Gasteiger partial charge in [0.25, 0.3) is 5.91 Å². The molecule has 0 spiro atoms. The summed E-state index contributed by atoms with van der Waals surface area (Å²) in [6.07, 6.45) is 7.24. The summed E-state index contributed by atoms with van der Waals surface area (Å²) < 4.78 is 7.74. The molecule has 2 aromatic rings. The zero-order chi connectivity index (χ0) is 16.5. The lowest BCUT2D eigenvalue weighted by atomic mass is 10.1. The van der Waals surface area contributed by atoms with E-state index in [0.29, 0.717) is 17.9 Å². The number of carbonyl (C=O) groups is 2. The Balaban J connectivity index is 1.65. The van der Waals surface area contributed by atoms with Crippen LogP contribution in [0.25, 0.3) is 5.69 Å². The lowest BCUT2D eigenvalue weighted by Gasteiger charge is -2.22. The molecule has 4 rings (SSSR count). The average molecular weight is 325 g/mol. The molecule has 6 nitrogen and oxygen atoms in total. The van der Waals surface area contributed by atoms with Crippen LogP contribution in [0.5, 0.6) is 5.75 Å². The number of ether oxygens (including phenoxy) is 1. The van der Waals surface area contributed by atoms with E-state index in [9.17, 15) is 9.59 Å². The number of benzene rings is 1. The van der Waals surface area contributed by atoms with Crippen LogP contribution in [0.4, 0.5) is 0 Å². The highest BCUT2D eigenvalue weighted by Crippen LogP contribution is 2.34. The van der Waals surface area contributed by atoms with Crippen LogP contribution in [-0.2, 0) is 17.8 Å². The van der Waals surface area contributed by atoms with E-state index < -0.39 is 0 Å². The number of aromatic nitrogens is 2. The van der Waals surface area contributed by atoms with Gasteiger partial charge in [0, 0.05) is 18.0 Å². The first-order valence-electron chi connectivity index (χ1n) is 8.33. The van der Waals surface area contributed by atoms with E-state index in [1.165, 1.54) is 12.8 Å². The van der Waals surface area contributed by atoms with Crippen LogP contribution in [-0.4, -0.2) is 27.8 Å². The number of para-hydroxylation sites is 1. The van der Waals surface area contributed by atoms with Gasteiger partial charge >= 0.3 is 0 Å². The Morgan fingerprint density at radius 1 is 1.38 bits per heavy atom. The van der Waals surface area contributed by atoms with Crippen molar-refractivity contribution >= 4 is 12.2 Å². The molecule has 0 bridgehead atoms. The molecule has 6 heteroatoms. The zero-order valence-electron chi connectivity index (χ0n) is 13.3. The van der Waals surface area contributed by atoms with Gasteiger partial charge in [0.1, 0.15) is 25.0 Å². The molecule has 1 aliphatic heterocycles. The number of fused-ring (bicyclic) bond motifs is 3. The second-order valence-corrected chi connectivity index (χ2v) is 6.29. The number of rotatable bonds is 4. The third-order valence-corrected chi connectivity index (χ3v) is 4.76. The molecule has 1 fully saturated rings. The van der Waals surface area contributed by atoms with Crippen LogP contribution in [0.15, 0.2) is 24.5 Å². The van der Waals surface area contributed by atoms with Gasteiger partial charge in [-0.25, -0.2) is 4.98 Å². The first-order chi connectivity index (χ1) is 11.8. The van der Waals surface area contributed by atoms with E-state index in [-0.39, 0.29) is 18.6 Å². The quantitative estimate of drug-likeness (QED) is 0.875. The second kappa shape index (κ2) is 6.11. The third kappa shape index (κ3) is 2.48. The van der Waals surface area contributed by atoms with Crippen molar-refractivity contribution in [2.45, 2.75) is 44.8 Å². The minimum absolute atomic E-state index is 0.133. The molecule has 24 heavy (non-hydrogen) atoms. The molecule has 0 saturated heterocycles. The number of amides is 1. The van der Waals surface area contributed by atoms with Crippen LogP contribution in [0.3, 0.4) is 0 Å². The van der Waals surface area contributed by atoms with Crippen LogP contribution >= 0.6 is 0 Å². The summed E-state index contributed by atoms with van der Waals surface area (Å²) in [4.78, 5) is 27.7. The summed E-state index contributed by atoms with van der Waals surface area (Å²) in [5.41, 5.74) is 2.84. The van der Waals surface area contributed by atoms with E-state index in [0.717, 1.165) is 36.1 Å². The van der Waals surface area contributed by atoms with Crippen molar-refractivity contribution in [2.24, 2.45) is 0 Å². The lowest BCUT2D eigenvalue weighted by Crippen LogP contribution is -2.33. The number of imidazole rings is 1. The fourth-order valence-corrected chi connectivity index (χ4v) is 3.55. The van der Waals surface area contributed by atoms with Gasteiger partial charge in [-0.15, -0.1) is 0 Å². The monoisotopic (exact) mass is 325 g/mol. The minimum atomic E-state index is -0.133. The Morgan fingerprint density at radius 3 is 3.00 bits per heavy atom. The standard InChI is InChI=1S/C18H19N3O3/c22-9-8-12-4-3-7-14-17(12)24-10-15-16(19-11-21(14)15)18(23)20-13-5-1-2-6-13/h3-4,7,9,11,13H,1-2,5-6,8,10H2,(H,20,23). The van der Waals surface area contributed by atoms with Gasteiger partial charge in [-0.3, -0.25) is 9.36 Å². The van der Waals surface area contributed by atoms with Gasteiger partial charge in [0.15, 0.2) is 5.69 Å². The van der Waals surface area contributed by atoms with Gasteiger partial charge in [0.2, 0.25) is 0 Å². The number of nitrogens with zero attached hydrogens (tertiary/aromatic N) is 2. The fourth-order valence-electron chi connectivity index (χ4n) is 3.55. The Labute approximate surface area is 139 Å². The molecule has 1 N–H and O–H groups in total. The molecule has 1 aliphatic carbocycles. The molecular weight excluding hydrogens is 306 g/mol. The van der Waals surface area contributed by atoms with Crippen LogP contribution < -0.4 is 10.1 Å². The highest BCUT2D eigenvalue weighted by Gasteiger charge is 2.27. The highest BCUT2D eigenvalue weighted by molar-refractivity contribution is 5.94. The fraction of sp³-hybridized carbons (Fsp3) is 0.389.